The topological polar surface area (TPSA) is 46.3 Å². The maximum Gasteiger partial charge on any atom is 0.247 e. The molecule has 2 aromatic rings. The van der Waals surface area contributed by atoms with Gasteiger partial charge in [-0.15, -0.1) is 0 Å². The summed E-state index contributed by atoms with van der Waals surface area (Å²) in [5.74, 6) is 0.678. The number of rotatable bonds is 3. The third-order valence-electron chi connectivity index (χ3n) is 3.61. The van der Waals surface area contributed by atoms with Crippen molar-refractivity contribution in [2.45, 2.75) is 18.9 Å². The maximum atomic E-state index is 12.4. The molecule has 2 aromatic heterocycles. The highest BCUT2D eigenvalue weighted by Crippen LogP contribution is 2.31. The number of nitrogens with zero attached hydrogens (tertiary/aromatic N) is 2. The van der Waals surface area contributed by atoms with E-state index in [1.54, 1.807) is 30.6 Å². The summed E-state index contributed by atoms with van der Waals surface area (Å²) in [5.41, 5.74) is 1.14. The molecule has 1 saturated heterocycles. The molecule has 0 N–H and O–H groups in total. The van der Waals surface area contributed by atoms with Crippen LogP contribution in [0.3, 0.4) is 0 Å². The molecular formula is C16H15BrN2O2. The zero-order valence-corrected chi connectivity index (χ0v) is 13.0. The van der Waals surface area contributed by atoms with Gasteiger partial charge in [0.15, 0.2) is 4.67 Å². The van der Waals surface area contributed by atoms with Gasteiger partial charge in [0.25, 0.3) is 0 Å². The van der Waals surface area contributed by atoms with Gasteiger partial charge >= 0.3 is 0 Å². The van der Waals surface area contributed by atoms with E-state index in [0.717, 1.165) is 24.9 Å². The fourth-order valence-electron chi connectivity index (χ4n) is 2.63. The highest BCUT2D eigenvalue weighted by atomic mass is 79.9. The Morgan fingerprint density at radius 3 is 2.86 bits per heavy atom. The molecule has 0 spiro atoms. The Morgan fingerprint density at radius 1 is 1.33 bits per heavy atom. The minimum atomic E-state index is 0.0156. The second-order valence-corrected chi connectivity index (χ2v) is 5.73. The van der Waals surface area contributed by atoms with Crippen molar-refractivity contribution in [2.24, 2.45) is 0 Å². The molecule has 1 aliphatic heterocycles. The number of hydrogen-bond donors (Lipinski definition) is 0. The van der Waals surface area contributed by atoms with Crippen LogP contribution in [-0.2, 0) is 4.79 Å². The second-order valence-electron chi connectivity index (χ2n) is 4.95. The number of halogens is 1. The molecule has 0 bridgehead atoms. The normalized spacial score (nSPS) is 18.5. The Labute approximate surface area is 131 Å². The van der Waals surface area contributed by atoms with E-state index in [9.17, 15) is 4.79 Å². The lowest BCUT2D eigenvalue weighted by Gasteiger charge is -2.23. The average molecular weight is 347 g/mol. The predicted molar refractivity (Wildman–Crippen MR) is 83.4 cm³/mol. The van der Waals surface area contributed by atoms with Gasteiger partial charge in [0.05, 0.1) is 6.04 Å². The van der Waals surface area contributed by atoms with Gasteiger partial charge in [-0.1, -0.05) is 0 Å². The molecule has 3 rings (SSSR count). The summed E-state index contributed by atoms with van der Waals surface area (Å²) in [6.45, 7) is 0.790. The third-order valence-corrected chi connectivity index (χ3v) is 4.04. The molecule has 1 amide bonds. The molecule has 1 unspecified atom stereocenters. The van der Waals surface area contributed by atoms with Crippen molar-refractivity contribution < 1.29 is 9.21 Å². The molecular weight excluding hydrogens is 332 g/mol. The van der Waals surface area contributed by atoms with Crippen LogP contribution in [0.4, 0.5) is 0 Å². The predicted octanol–water partition coefficient (Wildman–Crippen LogP) is 3.81. The lowest BCUT2D eigenvalue weighted by atomic mass is 10.1. The number of aromatic nitrogens is 1. The van der Waals surface area contributed by atoms with Crippen LogP contribution >= 0.6 is 15.9 Å². The number of amides is 1. The Balaban J connectivity index is 1.73. The van der Waals surface area contributed by atoms with E-state index in [-0.39, 0.29) is 11.9 Å². The van der Waals surface area contributed by atoms with Crippen LogP contribution in [0.5, 0.6) is 0 Å². The molecule has 0 saturated carbocycles. The van der Waals surface area contributed by atoms with E-state index in [4.69, 9.17) is 4.42 Å². The second kappa shape index (κ2) is 6.26. The van der Waals surface area contributed by atoms with E-state index in [1.807, 2.05) is 23.1 Å². The van der Waals surface area contributed by atoms with E-state index in [0.29, 0.717) is 10.4 Å². The molecule has 1 atom stereocenters. The highest BCUT2D eigenvalue weighted by Gasteiger charge is 2.28. The van der Waals surface area contributed by atoms with Crippen LogP contribution in [0.25, 0.3) is 6.08 Å². The van der Waals surface area contributed by atoms with Gasteiger partial charge in [-0.2, -0.15) is 0 Å². The number of hydrogen-bond acceptors (Lipinski definition) is 3. The van der Waals surface area contributed by atoms with Crippen LogP contribution < -0.4 is 0 Å². The molecule has 4 nitrogen and oxygen atoms in total. The first-order chi connectivity index (χ1) is 10.2. The summed E-state index contributed by atoms with van der Waals surface area (Å²) in [5, 5.41) is 0. The van der Waals surface area contributed by atoms with Crippen LogP contribution in [0, 0.1) is 0 Å². The van der Waals surface area contributed by atoms with Crippen LogP contribution in [0.15, 0.2) is 51.8 Å². The van der Waals surface area contributed by atoms with Gasteiger partial charge in [0, 0.05) is 25.0 Å². The Kier molecular flexibility index (Phi) is 4.20. The Morgan fingerprint density at radius 2 is 2.14 bits per heavy atom. The first kappa shape index (κ1) is 14.1. The van der Waals surface area contributed by atoms with E-state index >= 15 is 0 Å². The average Bonchev–Trinajstić information content (AvgIpc) is 3.14. The van der Waals surface area contributed by atoms with Gasteiger partial charge in [0.2, 0.25) is 5.91 Å². The van der Waals surface area contributed by atoms with Gasteiger partial charge < -0.3 is 9.32 Å². The zero-order valence-electron chi connectivity index (χ0n) is 11.4. The number of pyridine rings is 1. The number of carbonyl (C=O) groups is 1. The SMILES string of the molecule is O=C(/C=C/c1ccc(Br)o1)N1CCCC1c1ccncc1. The van der Waals surface area contributed by atoms with Crippen molar-refractivity contribution in [3.8, 4) is 0 Å². The number of likely N-dealkylation sites (tertiary alicyclic amines) is 1. The number of furan rings is 1. The molecule has 1 aliphatic rings. The monoisotopic (exact) mass is 346 g/mol. The molecule has 0 aromatic carbocycles. The first-order valence-electron chi connectivity index (χ1n) is 6.88. The van der Waals surface area contributed by atoms with Gasteiger partial charge in [0.1, 0.15) is 5.76 Å². The molecule has 21 heavy (non-hydrogen) atoms. The molecule has 108 valence electrons. The summed E-state index contributed by atoms with van der Waals surface area (Å²) < 4.78 is 6.02. The molecule has 0 aliphatic carbocycles. The van der Waals surface area contributed by atoms with Crippen molar-refractivity contribution in [3.63, 3.8) is 0 Å². The van der Waals surface area contributed by atoms with E-state index < -0.39 is 0 Å². The van der Waals surface area contributed by atoms with Crippen molar-refractivity contribution in [1.82, 2.24) is 9.88 Å². The van der Waals surface area contributed by atoms with Crippen molar-refractivity contribution in [1.29, 1.82) is 0 Å². The fourth-order valence-corrected chi connectivity index (χ4v) is 2.95. The van der Waals surface area contributed by atoms with Crippen molar-refractivity contribution >= 4 is 27.9 Å². The standard InChI is InChI=1S/C16H15BrN2O2/c17-15-5-3-13(21-15)4-6-16(20)19-11-1-2-14(19)12-7-9-18-10-8-12/h3-10,14H,1-2,11H2/b6-4+. The maximum absolute atomic E-state index is 12.4. The minimum absolute atomic E-state index is 0.0156. The van der Waals surface area contributed by atoms with Crippen LogP contribution in [0.1, 0.15) is 30.2 Å². The molecule has 1 fully saturated rings. The largest absolute Gasteiger partial charge is 0.450 e. The quantitative estimate of drug-likeness (QED) is 0.793. The molecule has 5 heteroatoms. The highest BCUT2D eigenvalue weighted by molar-refractivity contribution is 9.10. The lowest BCUT2D eigenvalue weighted by Crippen LogP contribution is -2.28. The van der Waals surface area contributed by atoms with Crippen LogP contribution in [-0.4, -0.2) is 22.3 Å². The summed E-state index contributed by atoms with van der Waals surface area (Å²) in [7, 11) is 0. The van der Waals surface area contributed by atoms with Gasteiger partial charge in [-0.3, -0.25) is 9.78 Å². The van der Waals surface area contributed by atoms with Gasteiger partial charge in [-0.25, -0.2) is 0 Å². The van der Waals surface area contributed by atoms with Crippen molar-refractivity contribution in [2.75, 3.05) is 6.54 Å². The summed E-state index contributed by atoms with van der Waals surface area (Å²) in [6, 6.07) is 7.72. The molecule has 0 radical (unpaired) electrons. The molecule has 3 heterocycles. The van der Waals surface area contributed by atoms with E-state index in [2.05, 4.69) is 20.9 Å². The van der Waals surface area contributed by atoms with Crippen LogP contribution in [0.2, 0.25) is 0 Å². The fraction of sp³-hybridized carbons (Fsp3) is 0.250. The Bertz CT molecular complexity index is 651. The summed E-state index contributed by atoms with van der Waals surface area (Å²) in [6.07, 6.45) is 8.84. The summed E-state index contributed by atoms with van der Waals surface area (Å²) in [4.78, 5) is 18.3. The smallest absolute Gasteiger partial charge is 0.247 e. The zero-order chi connectivity index (χ0) is 14.7. The van der Waals surface area contributed by atoms with Crippen molar-refractivity contribution in [3.05, 3.63) is 58.7 Å². The minimum Gasteiger partial charge on any atom is -0.450 e. The first-order valence-corrected chi connectivity index (χ1v) is 7.67. The third kappa shape index (κ3) is 3.24. The van der Waals surface area contributed by atoms with Gasteiger partial charge in [-0.05, 0) is 64.7 Å². The lowest BCUT2D eigenvalue weighted by molar-refractivity contribution is -0.126. The Hall–Kier alpha value is -1.88. The van der Waals surface area contributed by atoms with E-state index in [1.165, 1.54) is 0 Å². The number of carbonyl (C=O) groups excluding carboxylic acids is 1. The summed E-state index contributed by atoms with van der Waals surface area (Å²) >= 11 is 3.24.